The largest absolute Gasteiger partial charge is 0.487 e. The summed E-state index contributed by atoms with van der Waals surface area (Å²) < 4.78 is 10.7. The van der Waals surface area contributed by atoms with E-state index < -0.39 is 17.2 Å². The van der Waals surface area contributed by atoms with Gasteiger partial charge in [0.15, 0.2) is 0 Å². The maximum atomic E-state index is 11.6. The zero-order valence-corrected chi connectivity index (χ0v) is 12.5. The molecule has 0 saturated carbocycles. The van der Waals surface area contributed by atoms with Gasteiger partial charge in [0.2, 0.25) is 0 Å². The lowest BCUT2D eigenvalue weighted by atomic mass is 10.2. The highest BCUT2D eigenvalue weighted by Crippen LogP contribution is 2.30. The van der Waals surface area contributed by atoms with E-state index in [1.165, 1.54) is 18.2 Å². The smallest absolute Gasteiger partial charge is 0.351 e. The topological polar surface area (TPSA) is 76.7 Å². The van der Waals surface area contributed by atoms with Crippen LogP contribution in [0.1, 0.15) is 15.9 Å². The predicted molar refractivity (Wildman–Crippen MR) is 85.2 cm³/mol. The molecule has 3 rings (SSSR count). The third kappa shape index (κ3) is 3.19. The van der Waals surface area contributed by atoms with E-state index in [4.69, 9.17) is 25.9 Å². The van der Waals surface area contributed by atoms with Gasteiger partial charge in [-0.25, -0.2) is 9.59 Å². The van der Waals surface area contributed by atoms with Gasteiger partial charge in [-0.15, -0.1) is 0 Å². The van der Waals surface area contributed by atoms with E-state index in [1.807, 2.05) is 30.3 Å². The highest BCUT2D eigenvalue weighted by Gasteiger charge is 2.14. The van der Waals surface area contributed by atoms with Crippen molar-refractivity contribution in [3.63, 3.8) is 0 Å². The first kappa shape index (κ1) is 15.1. The Morgan fingerprint density at radius 2 is 1.91 bits per heavy atom. The molecular weight excluding hydrogens is 320 g/mol. The highest BCUT2D eigenvalue weighted by molar-refractivity contribution is 6.32. The molecule has 0 atom stereocenters. The SMILES string of the molecule is O=C(O)c1cc2cc(Cl)c(OCc3ccccc3)cc2oc1=O. The van der Waals surface area contributed by atoms with E-state index in [0.29, 0.717) is 22.8 Å². The molecule has 0 aliphatic carbocycles. The maximum absolute atomic E-state index is 11.6. The van der Waals surface area contributed by atoms with Gasteiger partial charge < -0.3 is 14.3 Å². The monoisotopic (exact) mass is 330 g/mol. The zero-order valence-electron chi connectivity index (χ0n) is 11.8. The van der Waals surface area contributed by atoms with Gasteiger partial charge >= 0.3 is 11.6 Å². The van der Waals surface area contributed by atoms with Crippen molar-refractivity contribution in [2.45, 2.75) is 6.61 Å². The Labute approximate surface area is 135 Å². The summed E-state index contributed by atoms with van der Waals surface area (Å²) in [4.78, 5) is 22.6. The van der Waals surface area contributed by atoms with Crippen molar-refractivity contribution in [2.75, 3.05) is 0 Å². The third-order valence-electron chi connectivity index (χ3n) is 3.25. The standard InChI is InChI=1S/C17H11ClO5/c18-13-7-11-6-12(16(19)20)17(21)23-14(11)8-15(13)22-9-10-4-2-1-3-5-10/h1-8H,9H2,(H,19,20). The average Bonchev–Trinajstić information content (AvgIpc) is 2.53. The minimum absolute atomic E-state index is 0.215. The molecule has 1 aromatic heterocycles. The second-order valence-corrected chi connectivity index (χ2v) is 5.25. The molecule has 0 unspecified atom stereocenters. The van der Waals surface area contributed by atoms with E-state index in [2.05, 4.69) is 0 Å². The predicted octanol–water partition coefficient (Wildman–Crippen LogP) is 3.72. The molecule has 0 saturated heterocycles. The molecule has 6 heteroatoms. The quantitative estimate of drug-likeness (QED) is 0.738. The summed E-state index contributed by atoms with van der Waals surface area (Å²) in [7, 11) is 0. The van der Waals surface area contributed by atoms with Crippen molar-refractivity contribution < 1.29 is 19.1 Å². The van der Waals surface area contributed by atoms with Gasteiger partial charge in [0.25, 0.3) is 0 Å². The molecule has 0 fully saturated rings. The maximum Gasteiger partial charge on any atom is 0.351 e. The third-order valence-corrected chi connectivity index (χ3v) is 3.55. The van der Waals surface area contributed by atoms with Crippen LogP contribution in [0.3, 0.4) is 0 Å². The van der Waals surface area contributed by atoms with Crippen LogP contribution < -0.4 is 10.4 Å². The molecule has 0 radical (unpaired) electrons. The summed E-state index contributed by atoms with van der Waals surface area (Å²) in [5.74, 6) is -0.990. The molecule has 0 bridgehead atoms. The molecule has 0 spiro atoms. The van der Waals surface area contributed by atoms with E-state index in [9.17, 15) is 9.59 Å². The molecular formula is C17H11ClO5. The number of rotatable bonds is 4. The van der Waals surface area contributed by atoms with E-state index in [0.717, 1.165) is 5.56 Å². The molecule has 0 aliphatic heterocycles. The van der Waals surface area contributed by atoms with Crippen LogP contribution in [0.2, 0.25) is 5.02 Å². The highest BCUT2D eigenvalue weighted by atomic mass is 35.5. The van der Waals surface area contributed by atoms with Gasteiger partial charge in [-0.05, 0) is 17.7 Å². The Bertz CT molecular complexity index is 931. The lowest BCUT2D eigenvalue weighted by Crippen LogP contribution is -2.12. The molecule has 0 aliphatic rings. The van der Waals surface area contributed by atoms with Gasteiger partial charge in [0, 0.05) is 11.5 Å². The van der Waals surface area contributed by atoms with Crippen molar-refractivity contribution in [3.05, 3.63) is 75.1 Å². The van der Waals surface area contributed by atoms with Crippen LogP contribution in [0, 0.1) is 0 Å². The molecule has 1 heterocycles. The van der Waals surface area contributed by atoms with Gasteiger partial charge in [0.05, 0.1) is 5.02 Å². The summed E-state index contributed by atoms with van der Waals surface area (Å²) in [6, 6.07) is 13.7. The van der Waals surface area contributed by atoms with Crippen LogP contribution in [0.15, 0.2) is 57.7 Å². The number of fused-ring (bicyclic) bond motifs is 1. The van der Waals surface area contributed by atoms with Gasteiger partial charge in [-0.2, -0.15) is 0 Å². The Morgan fingerprint density at radius 1 is 1.17 bits per heavy atom. The molecule has 5 nitrogen and oxygen atoms in total. The van der Waals surface area contributed by atoms with Crippen LogP contribution in [-0.2, 0) is 6.61 Å². The van der Waals surface area contributed by atoms with Crippen molar-refractivity contribution in [1.29, 1.82) is 0 Å². The van der Waals surface area contributed by atoms with E-state index >= 15 is 0 Å². The number of halogens is 1. The number of aromatic carboxylic acids is 1. The van der Waals surface area contributed by atoms with E-state index in [1.54, 1.807) is 0 Å². The fourth-order valence-electron chi connectivity index (χ4n) is 2.12. The van der Waals surface area contributed by atoms with Gasteiger partial charge in [0.1, 0.15) is 23.5 Å². The number of benzene rings is 2. The van der Waals surface area contributed by atoms with Crippen molar-refractivity contribution >= 4 is 28.5 Å². The first-order valence-corrected chi connectivity index (χ1v) is 7.10. The molecule has 3 aromatic rings. The fraction of sp³-hybridized carbons (Fsp3) is 0.0588. The average molecular weight is 331 g/mol. The lowest BCUT2D eigenvalue weighted by molar-refractivity contribution is 0.0692. The molecule has 2 aromatic carbocycles. The lowest BCUT2D eigenvalue weighted by Gasteiger charge is -2.09. The number of carboxylic acid groups (broad SMARTS) is 1. The second-order valence-electron chi connectivity index (χ2n) is 4.85. The molecule has 116 valence electrons. The Kier molecular flexibility index (Phi) is 4.04. The molecule has 0 amide bonds. The fourth-order valence-corrected chi connectivity index (χ4v) is 2.34. The number of hydrogen-bond acceptors (Lipinski definition) is 4. The zero-order chi connectivity index (χ0) is 16.4. The summed E-state index contributed by atoms with van der Waals surface area (Å²) >= 11 is 6.15. The number of carboxylic acids is 1. The van der Waals surface area contributed by atoms with Crippen LogP contribution >= 0.6 is 11.6 Å². The van der Waals surface area contributed by atoms with Crippen molar-refractivity contribution in [3.8, 4) is 5.75 Å². The number of ether oxygens (including phenoxy) is 1. The second kappa shape index (κ2) is 6.14. The molecule has 23 heavy (non-hydrogen) atoms. The van der Waals surface area contributed by atoms with Gasteiger partial charge in [-0.1, -0.05) is 41.9 Å². The van der Waals surface area contributed by atoms with Crippen molar-refractivity contribution in [2.24, 2.45) is 0 Å². The summed E-state index contributed by atoms with van der Waals surface area (Å²) in [6.07, 6.45) is 0. The van der Waals surface area contributed by atoms with Crippen LogP contribution in [0.25, 0.3) is 11.0 Å². The number of hydrogen-bond donors (Lipinski definition) is 1. The summed E-state index contributed by atoms with van der Waals surface area (Å²) in [5.41, 5.74) is -0.174. The Morgan fingerprint density at radius 3 is 2.61 bits per heavy atom. The normalized spacial score (nSPS) is 10.7. The minimum Gasteiger partial charge on any atom is -0.487 e. The Hall–Kier alpha value is -2.79. The first-order chi connectivity index (χ1) is 11.0. The molecule has 1 N–H and O–H groups in total. The first-order valence-electron chi connectivity index (χ1n) is 6.72. The van der Waals surface area contributed by atoms with E-state index in [-0.39, 0.29) is 5.58 Å². The van der Waals surface area contributed by atoms with Crippen molar-refractivity contribution in [1.82, 2.24) is 0 Å². The number of carbonyl (C=O) groups is 1. The summed E-state index contributed by atoms with van der Waals surface area (Å²) in [6.45, 7) is 0.309. The minimum atomic E-state index is -1.35. The van der Waals surface area contributed by atoms with Crippen LogP contribution in [-0.4, -0.2) is 11.1 Å². The van der Waals surface area contributed by atoms with Crippen LogP contribution in [0.5, 0.6) is 5.75 Å². The van der Waals surface area contributed by atoms with Gasteiger partial charge in [-0.3, -0.25) is 0 Å². The summed E-state index contributed by atoms with van der Waals surface area (Å²) in [5, 5.41) is 9.66. The Balaban J connectivity index is 1.96. The van der Waals surface area contributed by atoms with Crippen LogP contribution in [0.4, 0.5) is 0 Å².